The van der Waals surface area contributed by atoms with Crippen LogP contribution in [0.5, 0.6) is 11.6 Å². The highest BCUT2D eigenvalue weighted by Gasteiger charge is 2.23. The molecule has 2 aromatic heterocycles. The third-order valence-corrected chi connectivity index (χ3v) is 7.30. The Hall–Kier alpha value is -4.23. The maximum atomic E-state index is 15.0. The molecule has 3 N–H and O–H groups in total. The Morgan fingerprint density at radius 3 is 2.58 bits per heavy atom. The molecule has 0 spiro atoms. The fourth-order valence-electron chi connectivity index (χ4n) is 4.22. The summed E-state index contributed by atoms with van der Waals surface area (Å²) >= 11 is 0. The van der Waals surface area contributed by atoms with Gasteiger partial charge in [-0.05, 0) is 35.9 Å². The number of nitrogens with zero attached hydrogens (tertiary/aromatic N) is 3. The number of piperidine rings is 1. The molecule has 0 saturated carbocycles. The van der Waals surface area contributed by atoms with E-state index in [9.17, 15) is 17.2 Å². The zero-order chi connectivity index (χ0) is 28.1. The molecule has 1 aliphatic heterocycles. The Bertz CT molecular complexity index is 1590. The summed E-state index contributed by atoms with van der Waals surface area (Å²) in [7, 11) is -4.01. The van der Waals surface area contributed by atoms with Crippen LogP contribution in [0.15, 0.2) is 73.1 Å². The Labute approximate surface area is 228 Å². The molecule has 3 heterocycles. The Morgan fingerprint density at radius 1 is 0.950 bits per heavy atom. The van der Waals surface area contributed by atoms with Gasteiger partial charge < -0.3 is 15.4 Å². The largest absolute Gasteiger partial charge is 0.435 e. The van der Waals surface area contributed by atoms with Gasteiger partial charge in [0.2, 0.25) is 27.7 Å². The van der Waals surface area contributed by atoms with Gasteiger partial charge in [-0.3, -0.25) is 4.72 Å². The smallest absolute Gasteiger partial charge is 0.237 e. The monoisotopic (exact) mass is 570 g/mol. The second-order valence-electron chi connectivity index (χ2n) is 9.14. The predicted molar refractivity (Wildman–Crippen MR) is 144 cm³/mol. The molecule has 0 amide bonds. The minimum atomic E-state index is -4.01. The standard InChI is InChI=1S/C27H25F3N6O3S/c28-18-13-19(15-31-14-18)34-27-33-12-10-21(35-27)20-7-4-11-32-26(20)39-23-9-8-22(24(29)25(23)30)36-40(37,38)16-17-5-2-1-3-6-17/h1-12,18-19,31,36H,13-16H2,(H,33,34,35)/t18-,19-/m0/s1. The number of alkyl halides is 1. The second kappa shape index (κ2) is 11.9. The third-order valence-electron chi connectivity index (χ3n) is 6.05. The average molecular weight is 571 g/mol. The van der Waals surface area contributed by atoms with E-state index in [1.807, 2.05) is 0 Å². The summed E-state index contributed by atoms with van der Waals surface area (Å²) in [5.41, 5.74) is 0.683. The summed E-state index contributed by atoms with van der Waals surface area (Å²) in [4.78, 5) is 12.8. The molecule has 4 aromatic rings. The van der Waals surface area contributed by atoms with Crippen molar-refractivity contribution in [3.63, 3.8) is 0 Å². The molecule has 40 heavy (non-hydrogen) atoms. The number of ether oxygens (including phenoxy) is 1. The molecule has 0 aliphatic carbocycles. The predicted octanol–water partition coefficient (Wildman–Crippen LogP) is 4.66. The van der Waals surface area contributed by atoms with Crippen molar-refractivity contribution in [3.05, 3.63) is 90.3 Å². The van der Waals surface area contributed by atoms with Gasteiger partial charge in [-0.1, -0.05) is 30.3 Å². The van der Waals surface area contributed by atoms with E-state index in [0.717, 1.165) is 12.1 Å². The Morgan fingerprint density at radius 2 is 1.77 bits per heavy atom. The lowest BCUT2D eigenvalue weighted by Crippen LogP contribution is -2.44. The molecule has 2 atom stereocenters. The van der Waals surface area contributed by atoms with Gasteiger partial charge in [-0.2, -0.15) is 4.39 Å². The van der Waals surface area contributed by atoms with Crippen LogP contribution in [-0.2, 0) is 15.8 Å². The zero-order valence-electron chi connectivity index (χ0n) is 21.0. The van der Waals surface area contributed by atoms with Gasteiger partial charge in [-0.25, -0.2) is 32.2 Å². The molecule has 208 valence electrons. The fraction of sp³-hybridized carbons (Fsp3) is 0.222. The van der Waals surface area contributed by atoms with Crippen LogP contribution in [0.1, 0.15) is 12.0 Å². The minimum Gasteiger partial charge on any atom is -0.435 e. The number of anilines is 2. The number of nitrogens with one attached hydrogen (secondary N) is 3. The number of benzene rings is 2. The highest BCUT2D eigenvalue weighted by molar-refractivity contribution is 7.91. The van der Waals surface area contributed by atoms with Crippen LogP contribution < -0.4 is 20.1 Å². The van der Waals surface area contributed by atoms with Crippen LogP contribution in [0.25, 0.3) is 11.3 Å². The normalized spacial score (nSPS) is 17.3. The topological polar surface area (TPSA) is 118 Å². The van der Waals surface area contributed by atoms with E-state index in [-0.39, 0.29) is 17.9 Å². The van der Waals surface area contributed by atoms with Crippen LogP contribution in [0, 0.1) is 11.6 Å². The molecule has 1 fully saturated rings. The molecule has 0 bridgehead atoms. The van der Waals surface area contributed by atoms with E-state index in [4.69, 9.17) is 4.74 Å². The van der Waals surface area contributed by atoms with Gasteiger partial charge in [0.05, 0.1) is 22.7 Å². The SMILES string of the molecule is O=S(=O)(Cc1ccccc1)Nc1ccc(Oc2ncccc2-c2ccnc(N[C@@H]3CNC[C@@H](F)C3)n2)c(F)c1F. The van der Waals surface area contributed by atoms with E-state index >= 15 is 4.39 Å². The second-order valence-corrected chi connectivity index (χ2v) is 10.9. The zero-order valence-corrected chi connectivity index (χ0v) is 21.8. The van der Waals surface area contributed by atoms with Crippen molar-refractivity contribution in [1.82, 2.24) is 20.3 Å². The molecule has 2 aromatic carbocycles. The van der Waals surface area contributed by atoms with Crippen LogP contribution in [0.2, 0.25) is 0 Å². The van der Waals surface area contributed by atoms with E-state index in [1.54, 1.807) is 48.5 Å². The summed E-state index contributed by atoms with van der Waals surface area (Å²) in [5.74, 6) is -3.53. The number of aromatic nitrogens is 3. The Kier molecular flexibility index (Phi) is 8.12. The lowest BCUT2D eigenvalue weighted by molar-refractivity contribution is 0.254. The van der Waals surface area contributed by atoms with Crippen molar-refractivity contribution >= 4 is 21.7 Å². The number of halogens is 3. The summed E-state index contributed by atoms with van der Waals surface area (Å²) in [6.07, 6.45) is 2.25. The van der Waals surface area contributed by atoms with E-state index in [0.29, 0.717) is 36.3 Å². The summed E-state index contributed by atoms with van der Waals surface area (Å²) < 4.78 is 76.3. The number of sulfonamides is 1. The number of hydrogen-bond acceptors (Lipinski definition) is 8. The van der Waals surface area contributed by atoms with Crippen molar-refractivity contribution in [2.75, 3.05) is 23.1 Å². The fourth-order valence-corrected chi connectivity index (χ4v) is 5.41. The van der Waals surface area contributed by atoms with Crippen LogP contribution in [-0.4, -0.2) is 48.7 Å². The van der Waals surface area contributed by atoms with Crippen molar-refractivity contribution < 1.29 is 26.3 Å². The lowest BCUT2D eigenvalue weighted by Gasteiger charge is -2.26. The van der Waals surface area contributed by atoms with E-state index in [1.165, 1.54) is 12.4 Å². The molecule has 1 aliphatic rings. The lowest BCUT2D eigenvalue weighted by atomic mass is 10.1. The summed E-state index contributed by atoms with van der Waals surface area (Å²) in [5, 5.41) is 6.09. The van der Waals surface area contributed by atoms with Gasteiger partial charge >= 0.3 is 0 Å². The average Bonchev–Trinajstić information content (AvgIpc) is 2.93. The molecule has 0 unspecified atom stereocenters. The maximum Gasteiger partial charge on any atom is 0.237 e. The molecule has 9 nitrogen and oxygen atoms in total. The number of rotatable bonds is 9. The van der Waals surface area contributed by atoms with Gasteiger partial charge in [-0.15, -0.1) is 0 Å². The van der Waals surface area contributed by atoms with Crippen molar-refractivity contribution in [1.29, 1.82) is 0 Å². The quantitative estimate of drug-likeness (QED) is 0.266. The molecule has 1 saturated heterocycles. The number of pyridine rings is 1. The molecule has 5 rings (SSSR count). The van der Waals surface area contributed by atoms with Gasteiger partial charge in [0, 0.05) is 37.9 Å². The van der Waals surface area contributed by atoms with E-state index < -0.39 is 45.0 Å². The molecular formula is C27H25F3N6O3S. The first kappa shape index (κ1) is 27.3. The molecular weight excluding hydrogens is 545 g/mol. The molecule has 13 heteroatoms. The number of hydrogen-bond donors (Lipinski definition) is 3. The maximum absolute atomic E-state index is 15.0. The van der Waals surface area contributed by atoms with E-state index in [2.05, 4.69) is 30.3 Å². The first-order chi connectivity index (χ1) is 19.3. The van der Waals surface area contributed by atoms with Crippen LogP contribution >= 0.6 is 0 Å². The van der Waals surface area contributed by atoms with Gasteiger partial charge in [0.15, 0.2) is 11.6 Å². The van der Waals surface area contributed by atoms with Crippen LogP contribution in [0.3, 0.4) is 0 Å². The summed E-state index contributed by atoms with van der Waals surface area (Å²) in [6, 6.07) is 15.1. The van der Waals surface area contributed by atoms with Crippen molar-refractivity contribution in [3.8, 4) is 22.9 Å². The minimum absolute atomic E-state index is 0.0639. The van der Waals surface area contributed by atoms with Gasteiger partial charge in [0.1, 0.15) is 6.17 Å². The molecule has 0 radical (unpaired) electrons. The summed E-state index contributed by atoms with van der Waals surface area (Å²) in [6.45, 7) is 0.853. The highest BCUT2D eigenvalue weighted by Crippen LogP contribution is 2.34. The third kappa shape index (κ3) is 6.66. The first-order valence-corrected chi connectivity index (χ1v) is 14.0. The Balaban J connectivity index is 1.34. The highest BCUT2D eigenvalue weighted by atomic mass is 32.2. The van der Waals surface area contributed by atoms with Crippen LogP contribution in [0.4, 0.5) is 24.8 Å². The van der Waals surface area contributed by atoms with Crippen molar-refractivity contribution in [2.45, 2.75) is 24.4 Å². The van der Waals surface area contributed by atoms with Gasteiger partial charge in [0.25, 0.3) is 0 Å². The van der Waals surface area contributed by atoms with Crippen molar-refractivity contribution in [2.24, 2.45) is 0 Å². The first-order valence-electron chi connectivity index (χ1n) is 12.4.